The third-order valence-electron chi connectivity index (χ3n) is 4.81. The molecule has 1 unspecified atom stereocenters. The van der Waals surface area contributed by atoms with Crippen LogP contribution in [0.25, 0.3) is 32.7 Å². The molecule has 4 aromatic rings. The molecule has 3 N–H and O–H groups in total. The van der Waals surface area contributed by atoms with Crippen molar-refractivity contribution in [2.75, 3.05) is 23.9 Å². The largest absolute Gasteiger partial charge is 0.396 e. The van der Waals surface area contributed by atoms with Gasteiger partial charge in [-0.2, -0.15) is 0 Å². The minimum absolute atomic E-state index is 0.568. The smallest absolute Gasteiger partial charge is 0.144 e. The highest BCUT2D eigenvalue weighted by Crippen LogP contribution is 2.42. The fourth-order valence-corrected chi connectivity index (χ4v) is 6.00. The number of thiophene rings is 1. The molecule has 3 heterocycles. The number of pyridine rings is 1. The molecule has 6 nitrogen and oxygen atoms in total. The number of nitrogen functional groups attached to an aromatic ring is 1. The van der Waals surface area contributed by atoms with Crippen molar-refractivity contribution >= 4 is 43.9 Å². The number of hydrogen-bond acceptors (Lipinski definition) is 7. The van der Waals surface area contributed by atoms with E-state index in [4.69, 9.17) is 10.7 Å². The lowest BCUT2D eigenvalue weighted by atomic mass is 10.0. The lowest BCUT2D eigenvalue weighted by Crippen LogP contribution is -1.99. The van der Waals surface area contributed by atoms with Crippen LogP contribution in [0.1, 0.15) is 19.8 Å². The molecule has 30 heavy (non-hydrogen) atoms. The number of fused-ring (bicyclic) bond motifs is 1. The van der Waals surface area contributed by atoms with E-state index in [1.54, 1.807) is 19.4 Å². The molecule has 0 saturated heterocycles. The Balaban J connectivity index is 1.92. The average Bonchev–Trinajstić information content (AvgIpc) is 3.14. The first-order valence-electron chi connectivity index (χ1n) is 9.79. The van der Waals surface area contributed by atoms with Gasteiger partial charge in [0, 0.05) is 18.2 Å². The van der Waals surface area contributed by atoms with Gasteiger partial charge in [-0.05, 0) is 23.6 Å². The predicted molar refractivity (Wildman–Crippen MR) is 126 cm³/mol. The van der Waals surface area contributed by atoms with Crippen molar-refractivity contribution in [1.29, 1.82) is 0 Å². The highest BCUT2D eigenvalue weighted by Gasteiger charge is 2.21. The molecule has 0 aliphatic heterocycles. The van der Waals surface area contributed by atoms with Crippen molar-refractivity contribution in [3.8, 4) is 22.5 Å². The van der Waals surface area contributed by atoms with Gasteiger partial charge < -0.3 is 11.1 Å². The van der Waals surface area contributed by atoms with Crippen molar-refractivity contribution < 1.29 is 4.21 Å². The summed E-state index contributed by atoms with van der Waals surface area (Å²) in [5, 5.41) is 3.83. The Morgan fingerprint density at radius 1 is 1.13 bits per heavy atom. The Morgan fingerprint density at radius 3 is 2.60 bits per heavy atom. The SMILES string of the molecule is CCCCS(=O)c1sc2nc(-c3cnc(NC)cn3)cc(-c3ccccc3)c2c1N. The predicted octanol–water partition coefficient (Wildman–Crippen LogP) is 4.95. The Kier molecular flexibility index (Phi) is 6.06. The van der Waals surface area contributed by atoms with E-state index >= 15 is 0 Å². The zero-order valence-electron chi connectivity index (χ0n) is 16.9. The number of unbranched alkanes of at least 4 members (excludes halogenated alkanes) is 1. The van der Waals surface area contributed by atoms with Crippen LogP contribution >= 0.6 is 11.3 Å². The Hall–Kier alpha value is -2.84. The number of anilines is 2. The van der Waals surface area contributed by atoms with Gasteiger partial charge in [-0.1, -0.05) is 43.7 Å². The van der Waals surface area contributed by atoms with Crippen molar-refractivity contribution in [2.45, 2.75) is 24.0 Å². The molecule has 3 aromatic heterocycles. The van der Waals surface area contributed by atoms with Crippen LogP contribution in [0, 0.1) is 0 Å². The van der Waals surface area contributed by atoms with E-state index in [9.17, 15) is 4.21 Å². The van der Waals surface area contributed by atoms with E-state index in [2.05, 4.69) is 22.2 Å². The van der Waals surface area contributed by atoms with Gasteiger partial charge in [-0.15, -0.1) is 11.3 Å². The van der Waals surface area contributed by atoms with Crippen LogP contribution in [0.4, 0.5) is 11.5 Å². The lowest BCUT2D eigenvalue weighted by molar-refractivity contribution is 0.681. The van der Waals surface area contributed by atoms with Gasteiger partial charge in [-0.25, -0.2) is 15.0 Å². The number of nitrogens with two attached hydrogens (primary N) is 1. The first-order valence-corrected chi connectivity index (χ1v) is 11.9. The van der Waals surface area contributed by atoms with E-state index < -0.39 is 10.8 Å². The molecule has 0 bridgehead atoms. The van der Waals surface area contributed by atoms with Crippen molar-refractivity contribution in [3.63, 3.8) is 0 Å². The van der Waals surface area contributed by atoms with Crippen LogP contribution in [0.3, 0.4) is 0 Å². The summed E-state index contributed by atoms with van der Waals surface area (Å²) in [6.07, 6.45) is 5.27. The number of benzene rings is 1. The summed E-state index contributed by atoms with van der Waals surface area (Å²) in [5.74, 6) is 1.30. The highest BCUT2D eigenvalue weighted by atomic mass is 32.2. The molecule has 0 saturated carbocycles. The fraction of sp³-hybridized carbons (Fsp3) is 0.227. The average molecular weight is 438 g/mol. The summed E-state index contributed by atoms with van der Waals surface area (Å²) in [6.45, 7) is 2.09. The van der Waals surface area contributed by atoms with Crippen LogP contribution < -0.4 is 11.1 Å². The first-order chi connectivity index (χ1) is 14.6. The molecule has 0 amide bonds. The highest BCUT2D eigenvalue weighted by molar-refractivity contribution is 7.87. The second-order valence-electron chi connectivity index (χ2n) is 6.84. The maximum absolute atomic E-state index is 12.9. The third kappa shape index (κ3) is 3.93. The monoisotopic (exact) mass is 437 g/mol. The van der Waals surface area contributed by atoms with Crippen molar-refractivity contribution in [3.05, 3.63) is 48.8 Å². The van der Waals surface area contributed by atoms with Crippen LogP contribution in [-0.4, -0.2) is 32.0 Å². The lowest BCUT2D eigenvalue weighted by Gasteiger charge is -2.08. The molecule has 0 spiro atoms. The van der Waals surface area contributed by atoms with Crippen molar-refractivity contribution in [1.82, 2.24) is 15.0 Å². The molecule has 0 fully saturated rings. The maximum atomic E-state index is 12.9. The van der Waals surface area contributed by atoms with E-state index in [0.29, 0.717) is 32.9 Å². The summed E-state index contributed by atoms with van der Waals surface area (Å²) < 4.78 is 13.6. The van der Waals surface area contributed by atoms with Gasteiger partial charge in [0.25, 0.3) is 0 Å². The molecule has 8 heteroatoms. The van der Waals surface area contributed by atoms with Gasteiger partial charge in [0.05, 0.1) is 34.6 Å². The Morgan fingerprint density at radius 2 is 1.93 bits per heavy atom. The number of aromatic nitrogens is 3. The van der Waals surface area contributed by atoms with Crippen LogP contribution in [0.5, 0.6) is 0 Å². The van der Waals surface area contributed by atoms with Crippen molar-refractivity contribution in [2.24, 2.45) is 0 Å². The maximum Gasteiger partial charge on any atom is 0.144 e. The molecular weight excluding hydrogens is 414 g/mol. The molecule has 4 rings (SSSR count). The summed E-state index contributed by atoms with van der Waals surface area (Å²) in [6, 6.07) is 12.0. The zero-order chi connectivity index (χ0) is 21.1. The summed E-state index contributed by atoms with van der Waals surface area (Å²) in [4.78, 5) is 14.4. The van der Waals surface area contributed by atoms with E-state index in [0.717, 1.165) is 34.2 Å². The summed E-state index contributed by atoms with van der Waals surface area (Å²) in [7, 11) is 0.671. The minimum atomic E-state index is -1.13. The first kappa shape index (κ1) is 20.4. The zero-order valence-corrected chi connectivity index (χ0v) is 18.5. The van der Waals surface area contributed by atoms with E-state index in [-0.39, 0.29) is 0 Å². The normalized spacial score (nSPS) is 12.2. The minimum Gasteiger partial charge on any atom is -0.396 e. The fourth-order valence-electron chi connectivity index (χ4n) is 3.20. The summed E-state index contributed by atoms with van der Waals surface area (Å²) in [5.41, 5.74) is 10.5. The quantitative estimate of drug-likeness (QED) is 0.425. The second kappa shape index (κ2) is 8.89. The number of rotatable bonds is 7. The third-order valence-corrected chi connectivity index (χ3v) is 7.80. The molecule has 1 atom stereocenters. The van der Waals surface area contributed by atoms with Crippen LogP contribution in [0.15, 0.2) is 53.0 Å². The topological polar surface area (TPSA) is 93.8 Å². The van der Waals surface area contributed by atoms with Gasteiger partial charge >= 0.3 is 0 Å². The summed E-state index contributed by atoms with van der Waals surface area (Å²) >= 11 is 1.41. The molecule has 1 aromatic carbocycles. The molecule has 0 aliphatic rings. The van der Waals surface area contributed by atoms with Gasteiger partial charge in [-0.3, -0.25) is 4.21 Å². The van der Waals surface area contributed by atoms with E-state index in [1.165, 1.54) is 11.3 Å². The molecular formula is C22H23N5OS2. The van der Waals surface area contributed by atoms with E-state index in [1.807, 2.05) is 36.4 Å². The van der Waals surface area contributed by atoms with Gasteiger partial charge in [0.2, 0.25) is 0 Å². The van der Waals surface area contributed by atoms with Gasteiger partial charge in [0.1, 0.15) is 20.6 Å². The number of hydrogen-bond donors (Lipinski definition) is 2. The number of nitrogens with one attached hydrogen (secondary N) is 1. The van der Waals surface area contributed by atoms with Crippen LogP contribution in [-0.2, 0) is 10.8 Å². The molecule has 0 aliphatic carbocycles. The van der Waals surface area contributed by atoms with Gasteiger partial charge in [0.15, 0.2) is 0 Å². The van der Waals surface area contributed by atoms with Crippen LogP contribution in [0.2, 0.25) is 0 Å². The second-order valence-corrected chi connectivity index (χ2v) is 9.61. The molecule has 0 radical (unpaired) electrons. The molecule has 154 valence electrons. The Bertz CT molecular complexity index is 1190. The number of nitrogens with zero attached hydrogens (tertiary/aromatic N) is 3. The Labute approximate surface area is 182 Å². The standard InChI is InChI=1S/C22H23N5OS2/c1-3-4-10-30(28)22-20(23)19-15(14-8-6-5-7-9-14)11-16(27-21(19)29-22)17-12-26-18(24-2)13-25-17/h5-9,11-13H,3-4,10,23H2,1-2H3,(H,24,26).